The number of aromatic nitrogens is 2. The number of pyridine rings is 2. The van der Waals surface area contributed by atoms with Crippen molar-refractivity contribution in [3.05, 3.63) is 73.1 Å². The molecule has 4 rings (SSSR count). The van der Waals surface area contributed by atoms with Crippen LogP contribution in [0.25, 0.3) is 0 Å². The highest BCUT2D eigenvalue weighted by atomic mass is 16.5. The van der Waals surface area contributed by atoms with Gasteiger partial charge in [-0.05, 0) is 61.2 Å². The smallest absolute Gasteiger partial charge is 0.219 e. The summed E-state index contributed by atoms with van der Waals surface area (Å²) in [6.45, 7) is 0.417. The minimum absolute atomic E-state index is 0.417. The van der Waals surface area contributed by atoms with Crippen molar-refractivity contribution in [3.63, 3.8) is 0 Å². The maximum atomic E-state index is 8.57. The minimum atomic E-state index is 0.417. The zero-order chi connectivity index (χ0) is 18.7. The second-order valence-electron chi connectivity index (χ2n) is 6.47. The molecule has 2 N–H and O–H groups in total. The maximum absolute atomic E-state index is 8.57. The maximum Gasteiger partial charge on any atom is 0.219 e. The van der Waals surface area contributed by atoms with Gasteiger partial charge in [0.2, 0.25) is 5.88 Å². The Balaban J connectivity index is 0.000000253. The Labute approximate surface area is 160 Å². The molecule has 1 aliphatic carbocycles. The number of nitrogens with zero attached hydrogens (tertiary/aromatic N) is 2. The molecule has 0 saturated heterocycles. The third kappa shape index (κ3) is 6.38. The molecule has 0 atom stereocenters. The van der Waals surface area contributed by atoms with Crippen LogP contribution in [0.3, 0.4) is 0 Å². The summed E-state index contributed by atoms with van der Waals surface area (Å²) in [7, 11) is 0. The van der Waals surface area contributed by atoms with E-state index in [1.807, 2.05) is 60.7 Å². The number of benzene rings is 1. The lowest BCUT2D eigenvalue weighted by Gasteiger charge is -2.07. The van der Waals surface area contributed by atoms with Gasteiger partial charge in [0.1, 0.15) is 11.6 Å². The number of aliphatic hydroxyl groups is 1. The average Bonchev–Trinajstić information content (AvgIpc) is 3.26. The highest BCUT2D eigenvalue weighted by Crippen LogP contribution is 2.23. The molecule has 0 bridgehead atoms. The van der Waals surface area contributed by atoms with E-state index in [0.717, 1.165) is 17.3 Å². The Morgan fingerprint density at radius 2 is 1.59 bits per heavy atom. The van der Waals surface area contributed by atoms with Crippen LogP contribution in [0.1, 0.15) is 25.7 Å². The molecule has 1 saturated carbocycles. The molecule has 2 heterocycles. The first-order valence-corrected chi connectivity index (χ1v) is 9.31. The van der Waals surface area contributed by atoms with Crippen molar-refractivity contribution in [2.45, 2.75) is 25.7 Å². The lowest BCUT2D eigenvalue weighted by Crippen LogP contribution is -1.97. The predicted octanol–water partition coefficient (Wildman–Crippen LogP) is 5.18. The monoisotopic (exact) mass is 363 g/mol. The summed E-state index contributed by atoms with van der Waals surface area (Å²) in [5.74, 6) is 2.79. The van der Waals surface area contributed by atoms with Crippen molar-refractivity contribution in [1.82, 2.24) is 9.97 Å². The van der Waals surface area contributed by atoms with Gasteiger partial charge in [0.05, 0.1) is 0 Å². The molecular weight excluding hydrogens is 338 g/mol. The van der Waals surface area contributed by atoms with Gasteiger partial charge < -0.3 is 15.2 Å². The molecule has 5 nitrogen and oxygen atoms in total. The van der Waals surface area contributed by atoms with E-state index >= 15 is 0 Å². The van der Waals surface area contributed by atoms with Crippen LogP contribution in [-0.4, -0.2) is 21.7 Å². The first-order valence-electron chi connectivity index (χ1n) is 9.31. The van der Waals surface area contributed by atoms with E-state index in [1.165, 1.54) is 25.7 Å². The van der Waals surface area contributed by atoms with Crippen LogP contribution in [0.4, 0.5) is 11.5 Å². The molecule has 0 spiro atoms. The van der Waals surface area contributed by atoms with Crippen molar-refractivity contribution >= 4 is 11.5 Å². The Bertz CT molecular complexity index is 713. The van der Waals surface area contributed by atoms with Crippen molar-refractivity contribution in [3.8, 4) is 11.6 Å². The van der Waals surface area contributed by atoms with Crippen molar-refractivity contribution in [2.24, 2.45) is 5.92 Å². The molecule has 1 aromatic carbocycles. The summed E-state index contributed by atoms with van der Waals surface area (Å²) in [5.41, 5.74) is 0.956. The quantitative estimate of drug-likeness (QED) is 0.654. The highest BCUT2D eigenvalue weighted by molar-refractivity contribution is 5.56. The minimum Gasteiger partial charge on any atom is -0.439 e. The van der Waals surface area contributed by atoms with Gasteiger partial charge in [-0.25, -0.2) is 9.97 Å². The lowest BCUT2D eigenvalue weighted by atomic mass is 10.1. The van der Waals surface area contributed by atoms with Crippen LogP contribution in [0.15, 0.2) is 73.1 Å². The molecule has 140 valence electrons. The van der Waals surface area contributed by atoms with Crippen LogP contribution in [0.2, 0.25) is 0 Å². The molecule has 27 heavy (non-hydrogen) atoms. The van der Waals surface area contributed by atoms with Gasteiger partial charge in [0, 0.05) is 30.8 Å². The van der Waals surface area contributed by atoms with Gasteiger partial charge in [-0.3, -0.25) is 0 Å². The molecule has 0 amide bonds. The summed E-state index contributed by atoms with van der Waals surface area (Å²) in [5, 5.41) is 11.8. The second-order valence-corrected chi connectivity index (χ2v) is 6.47. The zero-order valence-corrected chi connectivity index (χ0v) is 15.3. The van der Waals surface area contributed by atoms with Gasteiger partial charge in [0.15, 0.2) is 0 Å². The zero-order valence-electron chi connectivity index (χ0n) is 15.3. The molecule has 1 fully saturated rings. The lowest BCUT2D eigenvalue weighted by molar-refractivity contribution is 0.230. The van der Waals surface area contributed by atoms with Gasteiger partial charge in [-0.1, -0.05) is 25.0 Å². The molecule has 0 aliphatic heterocycles. The van der Waals surface area contributed by atoms with Crippen molar-refractivity contribution in [2.75, 3.05) is 11.9 Å². The summed E-state index contributed by atoms with van der Waals surface area (Å²) >= 11 is 0. The Morgan fingerprint density at radius 1 is 0.889 bits per heavy atom. The van der Waals surface area contributed by atoms with Crippen LogP contribution in [0.5, 0.6) is 11.6 Å². The molecule has 0 unspecified atom stereocenters. The van der Waals surface area contributed by atoms with E-state index in [1.54, 1.807) is 12.4 Å². The molecule has 0 radical (unpaired) electrons. The van der Waals surface area contributed by atoms with E-state index in [2.05, 4.69) is 15.3 Å². The van der Waals surface area contributed by atoms with E-state index < -0.39 is 0 Å². The summed E-state index contributed by atoms with van der Waals surface area (Å²) < 4.78 is 5.63. The van der Waals surface area contributed by atoms with Gasteiger partial charge in [-0.2, -0.15) is 0 Å². The summed E-state index contributed by atoms with van der Waals surface area (Å²) in [6, 6.07) is 19.0. The third-order valence-electron chi connectivity index (χ3n) is 4.38. The van der Waals surface area contributed by atoms with Crippen LogP contribution < -0.4 is 10.1 Å². The largest absolute Gasteiger partial charge is 0.439 e. The van der Waals surface area contributed by atoms with Crippen LogP contribution in [-0.2, 0) is 0 Å². The Morgan fingerprint density at radius 3 is 2.15 bits per heavy atom. The predicted molar refractivity (Wildman–Crippen MR) is 107 cm³/mol. The molecular formula is C22H25N3O2. The number of hydrogen-bond donors (Lipinski definition) is 2. The second kappa shape index (κ2) is 10.3. The topological polar surface area (TPSA) is 67.3 Å². The fraction of sp³-hybridized carbons (Fsp3) is 0.273. The fourth-order valence-electron chi connectivity index (χ4n) is 2.91. The Hall–Kier alpha value is -2.92. The summed E-state index contributed by atoms with van der Waals surface area (Å²) in [4.78, 5) is 8.33. The first kappa shape index (κ1) is 18.9. The first-order chi connectivity index (χ1) is 13.3. The number of aliphatic hydroxyl groups excluding tert-OH is 1. The van der Waals surface area contributed by atoms with E-state index in [4.69, 9.17) is 9.84 Å². The number of ether oxygens (including phenoxy) is 1. The number of nitrogens with one attached hydrogen (secondary N) is 1. The van der Waals surface area contributed by atoms with Crippen LogP contribution in [0, 0.1) is 5.92 Å². The molecule has 2 aromatic heterocycles. The van der Waals surface area contributed by atoms with Crippen molar-refractivity contribution < 1.29 is 9.84 Å². The standard InChI is InChI=1S/C16H13N3O.C6H12O/c1-3-11-17-15(5-1)19-13-7-9-14(10-8-13)20-16-6-2-4-12-18-16;7-5-6-3-1-2-4-6/h1-12H,(H,17,19);6-7H,1-5H2. The third-order valence-corrected chi connectivity index (χ3v) is 4.38. The normalized spacial score (nSPS) is 13.5. The van der Waals surface area contributed by atoms with E-state index in [0.29, 0.717) is 18.4 Å². The number of anilines is 2. The van der Waals surface area contributed by atoms with Gasteiger partial charge in [0.25, 0.3) is 0 Å². The van der Waals surface area contributed by atoms with Gasteiger partial charge >= 0.3 is 0 Å². The fourth-order valence-corrected chi connectivity index (χ4v) is 2.91. The summed E-state index contributed by atoms with van der Waals surface area (Å²) in [6.07, 6.45) is 8.65. The molecule has 5 heteroatoms. The molecule has 1 aliphatic rings. The number of rotatable bonds is 5. The highest BCUT2D eigenvalue weighted by Gasteiger charge is 2.12. The van der Waals surface area contributed by atoms with Crippen molar-refractivity contribution in [1.29, 1.82) is 0 Å². The number of hydrogen-bond acceptors (Lipinski definition) is 5. The SMILES string of the molecule is OCC1CCCC1.c1ccc(Nc2ccc(Oc3ccccn3)cc2)nc1. The van der Waals surface area contributed by atoms with E-state index in [9.17, 15) is 0 Å². The molecule has 3 aromatic rings. The Kier molecular flexibility index (Phi) is 7.18. The van der Waals surface area contributed by atoms with Crippen LogP contribution >= 0.6 is 0 Å². The van der Waals surface area contributed by atoms with Gasteiger partial charge in [-0.15, -0.1) is 0 Å². The average molecular weight is 363 g/mol. The van der Waals surface area contributed by atoms with E-state index in [-0.39, 0.29) is 0 Å².